The summed E-state index contributed by atoms with van der Waals surface area (Å²) in [6.07, 6.45) is 0.156. The molecule has 0 aliphatic carbocycles. The fraction of sp³-hybridized carbons (Fsp3) is 0.333. The van der Waals surface area contributed by atoms with Gasteiger partial charge < -0.3 is 40.1 Å². The lowest BCUT2D eigenvalue weighted by atomic mass is 9.99. The average Bonchev–Trinajstić information content (AvgIpc) is 3.20. The van der Waals surface area contributed by atoms with Crippen LogP contribution in [0.3, 0.4) is 0 Å². The summed E-state index contributed by atoms with van der Waals surface area (Å²) in [4.78, 5) is 85.4. The van der Waals surface area contributed by atoms with Crippen LogP contribution in [0.2, 0.25) is 10.0 Å². The number of benzene rings is 4. The van der Waals surface area contributed by atoms with Crippen LogP contribution in [-0.2, 0) is 55.4 Å². The summed E-state index contributed by atoms with van der Waals surface area (Å²) in [5.74, 6) is -2.09. The van der Waals surface area contributed by atoms with Crippen LogP contribution in [0.25, 0.3) is 22.3 Å². The lowest BCUT2D eigenvalue weighted by Crippen LogP contribution is -2.38. The summed E-state index contributed by atoms with van der Waals surface area (Å²) < 4.78 is 58.4. The molecule has 15 nitrogen and oxygen atoms in total. The normalized spacial score (nSPS) is 11.5. The Balaban J connectivity index is 0.00000105. The van der Waals surface area contributed by atoms with Gasteiger partial charge in [-0.2, -0.15) is 9.59 Å². The van der Waals surface area contributed by atoms with Crippen LogP contribution < -0.4 is 11.1 Å². The first-order valence-electron chi connectivity index (χ1n) is 19.1. The van der Waals surface area contributed by atoms with Crippen molar-refractivity contribution in [3.8, 4) is 22.3 Å². The Bertz CT molecular complexity index is 2210. The molecular formula is C42H51Cl3F2N2O13P2. The van der Waals surface area contributed by atoms with Crippen molar-refractivity contribution in [2.24, 2.45) is 5.73 Å². The van der Waals surface area contributed by atoms with Gasteiger partial charge in [0.2, 0.25) is 5.91 Å². The van der Waals surface area contributed by atoms with E-state index in [1.165, 1.54) is 37.3 Å². The van der Waals surface area contributed by atoms with Crippen molar-refractivity contribution in [2.75, 3.05) is 25.5 Å². The highest BCUT2D eigenvalue weighted by molar-refractivity contribution is 7.52. The maximum atomic E-state index is 14.1. The molecule has 0 spiro atoms. The van der Waals surface area contributed by atoms with Gasteiger partial charge in [-0.25, -0.2) is 8.78 Å². The molecule has 0 fully saturated rings. The largest absolute Gasteiger partial charge is 0.466 e. The van der Waals surface area contributed by atoms with E-state index in [2.05, 4.69) is 5.32 Å². The Kier molecular flexibility index (Phi) is 28.6. The van der Waals surface area contributed by atoms with E-state index in [9.17, 15) is 32.3 Å². The minimum atomic E-state index is -4.30. The summed E-state index contributed by atoms with van der Waals surface area (Å²) >= 11 is 11.9. The van der Waals surface area contributed by atoms with Crippen molar-refractivity contribution in [1.82, 2.24) is 5.32 Å². The quantitative estimate of drug-likeness (QED) is 0.0438. The molecule has 64 heavy (non-hydrogen) atoms. The molecule has 0 unspecified atom stereocenters. The second-order valence-electron chi connectivity index (χ2n) is 13.3. The minimum Gasteiger partial charge on any atom is -0.466 e. The van der Waals surface area contributed by atoms with Crippen LogP contribution in [0, 0.1) is 11.6 Å². The molecule has 0 aliphatic heterocycles. The SMILES string of the molecule is CCOC(=O)C[C@@H](Cc1ccc(-c2cc(Cl)ccc2F)cc1)NC(=O)CCP(=O)(O)O.CCOC(=O)C[C@H](N)Cc1ccc(-c2cc(Cl)ccc2F)cc1.CCP(=O)(O)O.Cl.O=C=O. The topological polar surface area (TPSA) is 257 Å². The predicted molar refractivity (Wildman–Crippen MR) is 240 cm³/mol. The van der Waals surface area contributed by atoms with Crippen LogP contribution in [0.15, 0.2) is 84.9 Å². The zero-order valence-electron chi connectivity index (χ0n) is 35.0. The molecule has 0 radical (unpaired) electrons. The van der Waals surface area contributed by atoms with E-state index >= 15 is 0 Å². The minimum absolute atomic E-state index is 0. The average molecular weight is 998 g/mol. The molecule has 2 atom stereocenters. The highest BCUT2D eigenvalue weighted by atomic mass is 35.5. The molecule has 0 heterocycles. The van der Waals surface area contributed by atoms with Gasteiger partial charge in [-0.15, -0.1) is 12.4 Å². The molecule has 4 aromatic carbocycles. The Hall–Kier alpha value is -4.34. The third-order valence-electron chi connectivity index (χ3n) is 8.23. The first-order chi connectivity index (χ1) is 29.5. The van der Waals surface area contributed by atoms with Gasteiger partial charge >= 0.3 is 33.3 Å². The number of carbonyl (C=O) groups excluding carboxylic acids is 5. The monoisotopic (exact) mass is 996 g/mol. The van der Waals surface area contributed by atoms with E-state index in [1.807, 2.05) is 24.3 Å². The van der Waals surface area contributed by atoms with E-state index in [4.69, 9.17) is 67.6 Å². The van der Waals surface area contributed by atoms with Crippen molar-refractivity contribution < 1.29 is 70.9 Å². The third-order valence-corrected chi connectivity index (χ3v) is 10.3. The lowest BCUT2D eigenvalue weighted by Gasteiger charge is -2.19. The van der Waals surface area contributed by atoms with Gasteiger partial charge in [0, 0.05) is 45.8 Å². The number of carbonyl (C=O) groups is 3. The van der Waals surface area contributed by atoms with Crippen LogP contribution in [0.1, 0.15) is 51.2 Å². The highest BCUT2D eigenvalue weighted by Gasteiger charge is 2.21. The number of hydrogen-bond acceptors (Lipinski definition) is 10. The highest BCUT2D eigenvalue weighted by Crippen LogP contribution is 2.35. The van der Waals surface area contributed by atoms with Gasteiger partial charge in [-0.05, 0) is 85.3 Å². The Morgan fingerprint density at radius 3 is 1.47 bits per heavy atom. The summed E-state index contributed by atoms with van der Waals surface area (Å²) in [7, 11) is -7.95. The maximum absolute atomic E-state index is 14.1. The van der Waals surface area contributed by atoms with Gasteiger partial charge in [0.05, 0.1) is 32.2 Å². The van der Waals surface area contributed by atoms with Crippen LogP contribution in [0.5, 0.6) is 0 Å². The molecule has 0 saturated heterocycles. The van der Waals surface area contributed by atoms with Crippen molar-refractivity contribution in [1.29, 1.82) is 0 Å². The van der Waals surface area contributed by atoms with Gasteiger partial charge in [0.15, 0.2) is 0 Å². The van der Waals surface area contributed by atoms with E-state index in [0.29, 0.717) is 39.8 Å². The summed E-state index contributed by atoms with van der Waals surface area (Å²) in [6.45, 7) is 5.42. The Labute approximate surface area is 385 Å². The number of amides is 1. The summed E-state index contributed by atoms with van der Waals surface area (Å²) in [5, 5.41) is 3.53. The number of hydrogen-bond donors (Lipinski definition) is 6. The maximum Gasteiger partial charge on any atom is 0.373 e. The van der Waals surface area contributed by atoms with Crippen LogP contribution in [0.4, 0.5) is 8.78 Å². The molecular weight excluding hydrogens is 947 g/mol. The zero-order chi connectivity index (χ0) is 47.8. The molecule has 4 aromatic rings. The molecule has 22 heteroatoms. The van der Waals surface area contributed by atoms with E-state index in [-0.39, 0.29) is 74.8 Å². The van der Waals surface area contributed by atoms with Crippen molar-refractivity contribution >= 4 is 74.8 Å². The van der Waals surface area contributed by atoms with E-state index < -0.39 is 45.1 Å². The number of rotatable bonds is 17. The second kappa shape index (κ2) is 30.7. The standard InChI is InChI=1S/C21H24ClFNO6P.C18H19ClFNO2.C2H7O3P.CO2.ClH/c1-2-30-21(26)13-17(24-20(25)9-10-31(27,28)29)11-14-3-5-15(6-4-14)18-12-16(22)7-8-19(18)23;1-2-23-18(22)11-15(21)9-12-3-5-13(6-4-12)16-10-14(19)7-8-17(16)20;1-2-6(3,4)5;2-1-3;/h3-8,12,17H,2,9-11,13H2,1H3,(H,24,25)(H2,27,28,29);3-8,10,15H,2,9,11,21H2,1H3;2H2,1H3,(H2,3,4,5);;1H/t17-;15-;;;/m11.../s1. The number of nitrogens with one attached hydrogen (secondary N) is 1. The van der Waals surface area contributed by atoms with Crippen molar-refractivity contribution in [3.63, 3.8) is 0 Å². The molecule has 0 aromatic heterocycles. The van der Waals surface area contributed by atoms with Gasteiger partial charge in [0.25, 0.3) is 0 Å². The summed E-state index contributed by atoms with van der Waals surface area (Å²) in [5.41, 5.74) is 9.88. The Morgan fingerprint density at radius 1 is 0.703 bits per heavy atom. The van der Waals surface area contributed by atoms with Gasteiger partial charge in [0.1, 0.15) is 11.6 Å². The lowest BCUT2D eigenvalue weighted by molar-refractivity contribution is -0.191. The molecule has 0 bridgehead atoms. The first kappa shape index (κ1) is 59.7. The van der Waals surface area contributed by atoms with Gasteiger partial charge in [-0.1, -0.05) is 78.7 Å². The number of ether oxygens (including phenoxy) is 2. The molecule has 4 rings (SSSR count). The third kappa shape index (κ3) is 25.8. The second-order valence-corrected chi connectivity index (χ2v) is 17.9. The first-order valence-corrected chi connectivity index (χ1v) is 23.4. The number of nitrogens with two attached hydrogens (primary N) is 1. The number of halogens is 5. The van der Waals surface area contributed by atoms with E-state index in [0.717, 1.165) is 16.7 Å². The smallest absolute Gasteiger partial charge is 0.373 e. The molecule has 0 saturated carbocycles. The fourth-order valence-corrected chi connectivity index (χ4v) is 6.15. The zero-order valence-corrected chi connectivity index (χ0v) is 39.1. The fourth-order valence-electron chi connectivity index (χ4n) is 5.31. The van der Waals surface area contributed by atoms with Crippen molar-refractivity contribution in [2.45, 2.75) is 65.0 Å². The van der Waals surface area contributed by atoms with Gasteiger partial charge in [-0.3, -0.25) is 23.5 Å². The molecule has 0 aliphatic rings. The molecule has 352 valence electrons. The molecule has 7 N–H and O–H groups in total. The van der Waals surface area contributed by atoms with Crippen LogP contribution in [-0.4, -0.2) is 81.2 Å². The summed E-state index contributed by atoms with van der Waals surface area (Å²) in [6, 6.07) is 22.1. The van der Waals surface area contributed by atoms with Crippen LogP contribution >= 0.6 is 50.8 Å². The Morgan fingerprint density at radius 2 is 1.09 bits per heavy atom. The van der Waals surface area contributed by atoms with Crippen molar-refractivity contribution in [3.05, 3.63) is 118 Å². The predicted octanol–water partition coefficient (Wildman–Crippen LogP) is 7.69. The van der Waals surface area contributed by atoms with E-state index in [1.54, 1.807) is 44.2 Å². The molecule has 1 amide bonds. The number of esters is 2.